The normalized spacial score (nSPS) is 31.4. The molecule has 1 aliphatic carbocycles. The number of carboxylic acid groups (broad SMARTS) is 1. The Bertz CT molecular complexity index is 275. The molecular weight excluding hydrogens is 202 g/mol. The maximum atomic E-state index is 11.1. The zero-order chi connectivity index (χ0) is 11.8. The Kier molecular flexibility index (Phi) is 3.24. The van der Waals surface area contributed by atoms with Crippen molar-refractivity contribution in [3.05, 3.63) is 0 Å². The molecule has 1 saturated carbocycles. The van der Waals surface area contributed by atoms with Crippen LogP contribution in [0.5, 0.6) is 0 Å². The summed E-state index contributed by atoms with van der Waals surface area (Å²) in [5.41, 5.74) is -0.605. The van der Waals surface area contributed by atoms with E-state index in [9.17, 15) is 9.90 Å². The second-order valence-electron chi connectivity index (χ2n) is 6.06. The molecule has 0 spiro atoms. The van der Waals surface area contributed by atoms with E-state index in [4.69, 9.17) is 0 Å². The van der Waals surface area contributed by atoms with Crippen LogP contribution in [-0.2, 0) is 4.79 Å². The van der Waals surface area contributed by atoms with Crippen molar-refractivity contribution in [3.8, 4) is 0 Å². The number of rotatable bonds is 3. The molecule has 0 aromatic carbocycles. The van der Waals surface area contributed by atoms with Gasteiger partial charge in [0.2, 0.25) is 0 Å². The van der Waals surface area contributed by atoms with Crippen molar-refractivity contribution in [1.29, 1.82) is 0 Å². The summed E-state index contributed by atoms with van der Waals surface area (Å²) in [6, 6.07) is 0.673. The third-order valence-electron chi connectivity index (χ3n) is 4.30. The molecule has 3 nitrogen and oxygen atoms in total. The van der Waals surface area contributed by atoms with Crippen molar-refractivity contribution in [2.24, 2.45) is 11.3 Å². The molecular formula is C13H23NO2. The SMILES string of the molecule is CC(C)(CN1CCC2CCCCC21)C(=O)O. The number of hydrogen-bond donors (Lipinski definition) is 1. The molecule has 1 N–H and O–H groups in total. The first-order valence-electron chi connectivity index (χ1n) is 6.48. The Morgan fingerprint density at radius 3 is 2.69 bits per heavy atom. The minimum absolute atomic E-state index is 0.605. The molecule has 2 rings (SSSR count). The smallest absolute Gasteiger partial charge is 0.310 e. The van der Waals surface area contributed by atoms with Crippen LogP contribution in [0.4, 0.5) is 0 Å². The number of carbonyl (C=O) groups is 1. The van der Waals surface area contributed by atoms with Gasteiger partial charge in [-0.2, -0.15) is 0 Å². The third kappa shape index (κ3) is 2.24. The minimum atomic E-state index is -0.674. The summed E-state index contributed by atoms with van der Waals surface area (Å²) in [6.07, 6.45) is 6.61. The van der Waals surface area contributed by atoms with E-state index in [0.717, 1.165) is 12.5 Å². The first-order valence-corrected chi connectivity index (χ1v) is 6.48. The van der Waals surface area contributed by atoms with Crippen LogP contribution in [0.25, 0.3) is 0 Å². The Hall–Kier alpha value is -0.570. The summed E-state index contributed by atoms with van der Waals surface area (Å²) in [7, 11) is 0. The van der Waals surface area contributed by atoms with Gasteiger partial charge in [0.15, 0.2) is 0 Å². The molecule has 1 saturated heterocycles. The summed E-state index contributed by atoms with van der Waals surface area (Å²) in [4.78, 5) is 13.6. The highest BCUT2D eigenvalue weighted by atomic mass is 16.4. The van der Waals surface area contributed by atoms with E-state index in [1.165, 1.54) is 32.1 Å². The highest BCUT2D eigenvalue weighted by Gasteiger charge is 2.39. The lowest BCUT2D eigenvalue weighted by Gasteiger charge is -2.35. The average molecular weight is 225 g/mol. The van der Waals surface area contributed by atoms with Crippen LogP contribution in [0.15, 0.2) is 0 Å². The number of aliphatic carboxylic acids is 1. The highest BCUT2D eigenvalue weighted by Crippen LogP contribution is 2.37. The van der Waals surface area contributed by atoms with Gasteiger partial charge in [-0.1, -0.05) is 12.8 Å². The molecule has 2 fully saturated rings. The molecule has 1 aliphatic heterocycles. The summed E-state index contributed by atoms with van der Waals surface area (Å²) in [6.45, 7) is 5.49. The van der Waals surface area contributed by atoms with Crippen LogP contribution in [0.3, 0.4) is 0 Å². The maximum absolute atomic E-state index is 11.1. The van der Waals surface area contributed by atoms with Crippen LogP contribution in [0.2, 0.25) is 0 Å². The van der Waals surface area contributed by atoms with Crippen molar-refractivity contribution in [2.45, 2.75) is 52.0 Å². The van der Waals surface area contributed by atoms with Gasteiger partial charge in [-0.25, -0.2) is 0 Å². The summed E-state index contributed by atoms with van der Waals surface area (Å²) in [5.74, 6) is 0.171. The fraction of sp³-hybridized carbons (Fsp3) is 0.923. The molecule has 2 aliphatic rings. The Morgan fingerprint density at radius 1 is 1.31 bits per heavy atom. The topological polar surface area (TPSA) is 40.5 Å². The summed E-state index contributed by atoms with van der Waals surface area (Å²) < 4.78 is 0. The standard InChI is InChI=1S/C13H23NO2/c1-13(2,12(15)16)9-14-8-7-10-5-3-4-6-11(10)14/h10-11H,3-9H2,1-2H3,(H,15,16). The third-order valence-corrected chi connectivity index (χ3v) is 4.30. The number of carboxylic acids is 1. The van der Waals surface area contributed by atoms with Crippen LogP contribution in [-0.4, -0.2) is 35.1 Å². The number of likely N-dealkylation sites (tertiary alicyclic amines) is 1. The lowest BCUT2D eigenvalue weighted by molar-refractivity contribution is -0.148. The van der Waals surface area contributed by atoms with E-state index >= 15 is 0 Å². The van der Waals surface area contributed by atoms with Crippen LogP contribution < -0.4 is 0 Å². The van der Waals surface area contributed by atoms with Gasteiger partial charge < -0.3 is 5.11 Å². The fourth-order valence-corrected chi connectivity index (χ4v) is 3.27. The van der Waals surface area contributed by atoms with Crippen molar-refractivity contribution in [3.63, 3.8) is 0 Å². The molecule has 2 unspecified atom stereocenters. The van der Waals surface area contributed by atoms with Gasteiger partial charge in [-0.3, -0.25) is 9.69 Å². The first kappa shape index (κ1) is 11.9. The first-order chi connectivity index (χ1) is 7.50. The van der Waals surface area contributed by atoms with E-state index in [1.54, 1.807) is 0 Å². The molecule has 0 radical (unpaired) electrons. The summed E-state index contributed by atoms with van der Waals surface area (Å²) in [5, 5.41) is 9.17. The van der Waals surface area contributed by atoms with E-state index < -0.39 is 11.4 Å². The van der Waals surface area contributed by atoms with Gasteiger partial charge in [-0.05, 0) is 45.6 Å². The van der Waals surface area contributed by atoms with Crippen LogP contribution in [0.1, 0.15) is 46.0 Å². The van der Waals surface area contributed by atoms with Crippen molar-refractivity contribution in [1.82, 2.24) is 4.90 Å². The molecule has 0 amide bonds. The van der Waals surface area contributed by atoms with Gasteiger partial charge in [0.05, 0.1) is 5.41 Å². The molecule has 1 heterocycles. The van der Waals surface area contributed by atoms with Crippen LogP contribution >= 0.6 is 0 Å². The molecule has 0 bridgehead atoms. The Balaban J connectivity index is 1.98. The lowest BCUT2D eigenvalue weighted by Crippen LogP contribution is -2.43. The van der Waals surface area contributed by atoms with Crippen molar-refractivity contribution in [2.75, 3.05) is 13.1 Å². The quantitative estimate of drug-likeness (QED) is 0.801. The van der Waals surface area contributed by atoms with Gasteiger partial charge in [0, 0.05) is 12.6 Å². The molecule has 92 valence electrons. The number of nitrogens with zero attached hydrogens (tertiary/aromatic N) is 1. The van der Waals surface area contributed by atoms with E-state index in [0.29, 0.717) is 12.6 Å². The van der Waals surface area contributed by atoms with E-state index in [2.05, 4.69) is 4.90 Å². The molecule has 16 heavy (non-hydrogen) atoms. The summed E-state index contributed by atoms with van der Waals surface area (Å²) >= 11 is 0. The molecule has 2 atom stereocenters. The second kappa shape index (κ2) is 4.36. The van der Waals surface area contributed by atoms with Gasteiger partial charge in [0.1, 0.15) is 0 Å². The zero-order valence-corrected chi connectivity index (χ0v) is 10.4. The predicted molar refractivity (Wildman–Crippen MR) is 63.4 cm³/mol. The molecule has 3 heteroatoms. The maximum Gasteiger partial charge on any atom is 0.310 e. The largest absolute Gasteiger partial charge is 0.481 e. The van der Waals surface area contributed by atoms with Gasteiger partial charge in [-0.15, -0.1) is 0 Å². The Labute approximate surface area is 97.8 Å². The predicted octanol–water partition coefficient (Wildman–Crippen LogP) is 2.36. The van der Waals surface area contributed by atoms with E-state index in [1.807, 2.05) is 13.8 Å². The van der Waals surface area contributed by atoms with Gasteiger partial charge in [0.25, 0.3) is 0 Å². The Morgan fingerprint density at radius 2 is 2.00 bits per heavy atom. The fourth-order valence-electron chi connectivity index (χ4n) is 3.27. The highest BCUT2D eigenvalue weighted by molar-refractivity contribution is 5.73. The van der Waals surface area contributed by atoms with Crippen molar-refractivity contribution >= 4 is 5.97 Å². The molecule has 0 aromatic rings. The van der Waals surface area contributed by atoms with E-state index in [-0.39, 0.29) is 0 Å². The zero-order valence-electron chi connectivity index (χ0n) is 10.4. The van der Waals surface area contributed by atoms with Gasteiger partial charge >= 0.3 is 5.97 Å². The minimum Gasteiger partial charge on any atom is -0.481 e. The monoisotopic (exact) mass is 225 g/mol. The lowest BCUT2D eigenvalue weighted by atomic mass is 9.84. The second-order valence-corrected chi connectivity index (χ2v) is 6.06. The number of hydrogen-bond acceptors (Lipinski definition) is 2. The van der Waals surface area contributed by atoms with Crippen LogP contribution in [0, 0.1) is 11.3 Å². The average Bonchev–Trinajstić information content (AvgIpc) is 2.61. The number of fused-ring (bicyclic) bond motifs is 1. The van der Waals surface area contributed by atoms with Crippen molar-refractivity contribution < 1.29 is 9.90 Å². The molecule has 0 aromatic heterocycles.